The average molecular weight is 368 g/mol. The standard InChI is InChI=1S/C20H24N4O3/c1-15-5-3-6-17(13-15)21-19(26)14-24-8-4-7-18(24)20(27)23-11-9-22(10-12-23)16(2)25/h3-8,13H,9-12,14H2,1-2H3,(H,21,26). The predicted molar refractivity (Wildman–Crippen MR) is 102 cm³/mol. The van der Waals surface area contributed by atoms with Crippen molar-refractivity contribution in [1.82, 2.24) is 14.4 Å². The first-order chi connectivity index (χ1) is 12.9. The van der Waals surface area contributed by atoms with Gasteiger partial charge < -0.3 is 19.7 Å². The molecule has 0 saturated carbocycles. The lowest BCUT2D eigenvalue weighted by atomic mass is 10.2. The molecule has 142 valence electrons. The van der Waals surface area contributed by atoms with E-state index in [0.29, 0.717) is 31.9 Å². The fourth-order valence-corrected chi connectivity index (χ4v) is 3.21. The van der Waals surface area contributed by atoms with E-state index >= 15 is 0 Å². The molecule has 2 heterocycles. The van der Waals surface area contributed by atoms with E-state index in [0.717, 1.165) is 11.3 Å². The molecule has 0 spiro atoms. The van der Waals surface area contributed by atoms with Crippen molar-refractivity contribution >= 4 is 23.4 Å². The van der Waals surface area contributed by atoms with Crippen molar-refractivity contribution in [1.29, 1.82) is 0 Å². The van der Waals surface area contributed by atoms with Crippen LogP contribution in [0.4, 0.5) is 5.69 Å². The highest BCUT2D eigenvalue weighted by Crippen LogP contribution is 2.12. The fraction of sp³-hybridized carbons (Fsp3) is 0.350. The van der Waals surface area contributed by atoms with Crippen molar-refractivity contribution in [3.05, 3.63) is 53.9 Å². The van der Waals surface area contributed by atoms with E-state index in [-0.39, 0.29) is 24.3 Å². The van der Waals surface area contributed by atoms with Crippen LogP contribution >= 0.6 is 0 Å². The highest BCUT2D eigenvalue weighted by molar-refractivity contribution is 5.95. The Morgan fingerprint density at radius 2 is 1.70 bits per heavy atom. The second-order valence-electron chi connectivity index (χ2n) is 6.74. The highest BCUT2D eigenvalue weighted by atomic mass is 16.2. The van der Waals surface area contributed by atoms with Gasteiger partial charge in [-0.05, 0) is 36.8 Å². The Labute approximate surface area is 158 Å². The molecule has 1 aliphatic rings. The predicted octanol–water partition coefficient (Wildman–Crippen LogP) is 1.74. The van der Waals surface area contributed by atoms with E-state index in [1.807, 2.05) is 31.2 Å². The van der Waals surface area contributed by atoms with Crippen LogP contribution in [0, 0.1) is 6.92 Å². The Hall–Kier alpha value is -3.09. The third-order valence-electron chi connectivity index (χ3n) is 4.68. The van der Waals surface area contributed by atoms with Gasteiger partial charge in [-0.1, -0.05) is 12.1 Å². The van der Waals surface area contributed by atoms with Gasteiger partial charge in [-0.15, -0.1) is 0 Å². The molecule has 0 radical (unpaired) electrons. The maximum absolute atomic E-state index is 12.8. The molecular weight excluding hydrogens is 344 g/mol. The smallest absolute Gasteiger partial charge is 0.270 e. The maximum atomic E-state index is 12.8. The van der Waals surface area contributed by atoms with E-state index in [1.165, 1.54) is 6.92 Å². The van der Waals surface area contributed by atoms with Crippen molar-refractivity contribution in [2.75, 3.05) is 31.5 Å². The van der Waals surface area contributed by atoms with E-state index in [1.54, 1.807) is 32.7 Å². The normalized spacial score (nSPS) is 14.1. The monoisotopic (exact) mass is 368 g/mol. The first kappa shape index (κ1) is 18.7. The van der Waals surface area contributed by atoms with Crippen molar-refractivity contribution in [3.63, 3.8) is 0 Å². The zero-order valence-electron chi connectivity index (χ0n) is 15.6. The number of carbonyl (C=O) groups excluding carboxylic acids is 3. The van der Waals surface area contributed by atoms with E-state index in [9.17, 15) is 14.4 Å². The van der Waals surface area contributed by atoms with Gasteiger partial charge in [-0.3, -0.25) is 14.4 Å². The highest BCUT2D eigenvalue weighted by Gasteiger charge is 2.25. The molecule has 3 rings (SSSR count). The lowest BCUT2D eigenvalue weighted by Gasteiger charge is -2.34. The fourth-order valence-electron chi connectivity index (χ4n) is 3.21. The zero-order valence-corrected chi connectivity index (χ0v) is 15.6. The van der Waals surface area contributed by atoms with Gasteiger partial charge in [-0.25, -0.2) is 0 Å². The van der Waals surface area contributed by atoms with Gasteiger partial charge in [0.1, 0.15) is 12.2 Å². The van der Waals surface area contributed by atoms with E-state index in [4.69, 9.17) is 0 Å². The van der Waals surface area contributed by atoms with Crippen LogP contribution in [-0.4, -0.2) is 58.3 Å². The second kappa shape index (κ2) is 8.07. The summed E-state index contributed by atoms with van der Waals surface area (Å²) in [5, 5.41) is 2.86. The molecule has 1 aromatic carbocycles. The van der Waals surface area contributed by atoms with Gasteiger partial charge in [0.15, 0.2) is 0 Å². The molecule has 0 atom stereocenters. The summed E-state index contributed by atoms with van der Waals surface area (Å²) in [6.07, 6.45) is 1.73. The number of amides is 3. The molecule has 1 N–H and O–H groups in total. The van der Waals surface area contributed by atoms with Crippen molar-refractivity contribution in [2.45, 2.75) is 20.4 Å². The molecule has 1 aliphatic heterocycles. The largest absolute Gasteiger partial charge is 0.339 e. The number of hydrogen-bond donors (Lipinski definition) is 1. The van der Waals surface area contributed by atoms with Crippen LogP contribution in [0.3, 0.4) is 0 Å². The topological polar surface area (TPSA) is 74.7 Å². The first-order valence-corrected chi connectivity index (χ1v) is 9.00. The summed E-state index contributed by atoms with van der Waals surface area (Å²) in [6, 6.07) is 11.1. The summed E-state index contributed by atoms with van der Waals surface area (Å²) in [5.41, 5.74) is 2.28. The molecular formula is C20H24N4O3. The van der Waals surface area contributed by atoms with Gasteiger partial charge in [0.2, 0.25) is 11.8 Å². The molecule has 7 heteroatoms. The van der Waals surface area contributed by atoms with Crippen LogP contribution < -0.4 is 5.32 Å². The number of nitrogens with zero attached hydrogens (tertiary/aromatic N) is 3. The van der Waals surface area contributed by atoms with Gasteiger partial charge in [0.05, 0.1) is 0 Å². The van der Waals surface area contributed by atoms with E-state index < -0.39 is 0 Å². The van der Waals surface area contributed by atoms with Crippen molar-refractivity contribution in [3.8, 4) is 0 Å². The van der Waals surface area contributed by atoms with Gasteiger partial charge >= 0.3 is 0 Å². The zero-order chi connectivity index (χ0) is 19.4. The Balaban J connectivity index is 1.62. The minimum atomic E-state index is -0.188. The minimum Gasteiger partial charge on any atom is -0.339 e. The van der Waals surface area contributed by atoms with Crippen molar-refractivity contribution in [2.24, 2.45) is 0 Å². The Morgan fingerprint density at radius 1 is 1.00 bits per heavy atom. The SMILES string of the molecule is CC(=O)N1CCN(C(=O)c2cccn2CC(=O)Nc2cccc(C)c2)CC1. The average Bonchev–Trinajstić information content (AvgIpc) is 3.09. The van der Waals surface area contributed by atoms with Gasteiger partial charge in [0.25, 0.3) is 5.91 Å². The number of benzene rings is 1. The molecule has 1 fully saturated rings. The molecule has 3 amide bonds. The third kappa shape index (κ3) is 4.55. The number of aromatic nitrogens is 1. The number of aryl methyl sites for hydroxylation is 1. The summed E-state index contributed by atoms with van der Waals surface area (Å²) in [5.74, 6) is -0.280. The lowest BCUT2D eigenvalue weighted by Crippen LogP contribution is -2.50. The van der Waals surface area contributed by atoms with Crippen LogP contribution in [0.5, 0.6) is 0 Å². The summed E-state index contributed by atoms with van der Waals surface area (Å²) >= 11 is 0. The van der Waals surface area contributed by atoms with Gasteiger partial charge in [-0.2, -0.15) is 0 Å². The molecule has 27 heavy (non-hydrogen) atoms. The number of piperazine rings is 1. The molecule has 2 aromatic rings. The van der Waals surface area contributed by atoms with Crippen LogP contribution in [0.1, 0.15) is 23.0 Å². The maximum Gasteiger partial charge on any atom is 0.270 e. The number of carbonyl (C=O) groups is 3. The number of hydrogen-bond acceptors (Lipinski definition) is 3. The summed E-state index contributed by atoms with van der Waals surface area (Å²) in [4.78, 5) is 40.1. The van der Waals surface area contributed by atoms with Crippen LogP contribution in [0.2, 0.25) is 0 Å². The van der Waals surface area contributed by atoms with Crippen LogP contribution in [-0.2, 0) is 16.1 Å². The molecule has 0 aliphatic carbocycles. The molecule has 0 bridgehead atoms. The molecule has 1 aromatic heterocycles. The number of nitrogens with one attached hydrogen (secondary N) is 1. The summed E-state index contributed by atoms with van der Waals surface area (Å²) < 4.78 is 1.66. The van der Waals surface area contributed by atoms with Gasteiger partial charge in [0, 0.05) is 45.0 Å². The molecule has 1 saturated heterocycles. The number of rotatable bonds is 4. The third-order valence-corrected chi connectivity index (χ3v) is 4.68. The van der Waals surface area contributed by atoms with Crippen LogP contribution in [0.25, 0.3) is 0 Å². The quantitative estimate of drug-likeness (QED) is 0.893. The number of anilines is 1. The Bertz CT molecular complexity index is 850. The Morgan fingerprint density at radius 3 is 2.37 bits per heavy atom. The lowest BCUT2D eigenvalue weighted by molar-refractivity contribution is -0.130. The second-order valence-corrected chi connectivity index (χ2v) is 6.74. The summed E-state index contributed by atoms with van der Waals surface area (Å²) in [7, 11) is 0. The molecule has 0 unspecified atom stereocenters. The van der Waals surface area contributed by atoms with Crippen molar-refractivity contribution < 1.29 is 14.4 Å². The van der Waals surface area contributed by atoms with E-state index in [2.05, 4.69) is 5.32 Å². The van der Waals surface area contributed by atoms with Crippen LogP contribution in [0.15, 0.2) is 42.6 Å². The Kier molecular flexibility index (Phi) is 5.59. The molecule has 7 nitrogen and oxygen atoms in total. The minimum absolute atomic E-state index is 0.0262. The first-order valence-electron chi connectivity index (χ1n) is 9.00. The summed E-state index contributed by atoms with van der Waals surface area (Å²) in [6.45, 7) is 5.64.